The van der Waals surface area contributed by atoms with Gasteiger partial charge in [-0.25, -0.2) is 9.29 Å². The molecule has 1 saturated carbocycles. The first kappa shape index (κ1) is 18.7. The zero-order valence-electron chi connectivity index (χ0n) is 15.2. The van der Waals surface area contributed by atoms with E-state index >= 15 is 0 Å². The number of hydrogen-bond donors (Lipinski definition) is 0. The van der Waals surface area contributed by atoms with Crippen molar-refractivity contribution in [2.45, 2.75) is 31.3 Å². The molecule has 1 saturated heterocycles. The third-order valence-electron chi connectivity index (χ3n) is 5.02. The molecule has 2 fully saturated rings. The Morgan fingerprint density at radius 1 is 1.14 bits per heavy atom. The summed E-state index contributed by atoms with van der Waals surface area (Å²) in [6, 6.07) is 9.06. The molecule has 148 valence electrons. The maximum absolute atomic E-state index is 13.2. The van der Waals surface area contributed by atoms with Gasteiger partial charge in [0.1, 0.15) is 11.9 Å². The lowest BCUT2D eigenvalue weighted by Gasteiger charge is -2.27. The average Bonchev–Trinajstić information content (AvgIpc) is 3.49. The van der Waals surface area contributed by atoms with Crippen LogP contribution < -0.4 is 4.90 Å². The molecule has 0 radical (unpaired) electrons. The van der Waals surface area contributed by atoms with Gasteiger partial charge in [-0.05, 0) is 43.2 Å². The van der Waals surface area contributed by atoms with E-state index in [9.17, 15) is 28.9 Å². The number of non-ortho nitro benzene ring substituents is 1. The first-order chi connectivity index (χ1) is 13.9. The molecule has 1 unspecified atom stereocenters. The van der Waals surface area contributed by atoms with Crippen LogP contribution in [0.15, 0.2) is 48.5 Å². The molecule has 1 aliphatic carbocycles. The summed E-state index contributed by atoms with van der Waals surface area (Å²) in [5, 5.41) is 11.0. The lowest BCUT2D eigenvalue weighted by atomic mass is 10.1. The summed E-state index contributed by atoms with van der Waals surface area (Å²) < 4.78 is 13.2. The summed E-state index contributed by atoms with van der Waals surface area (Å²) in [5.74, 6) is -2.07. The molecule has 2 aliphatic rings. The number of anilines is 1. The van der Waals surface area contributed by atoms with Crippen molar-refractivity contribution in [3.63, 3.8) is 0 Å². The van der Waals surface area contributed by atoms with Gasteiger partial charge in [-0.3, -0.25) is 24.5 Å². The van der Waals surface area contributed by atoms with Crippen LogP contribution >= 0.6 is 0 Å². The zero-order chi connectivity index (χ0) is 20.7. The van der Waals surface area contributed by atoms with Crippen LogP contribution in [0.25, 0.3) is 0 Å². The number of nitro groups is 1. The van der Waals surface area contributed by atoms with Gasteiger partial charge in [0.05, 0.1) is 17.0 Å². The van der Waals surface area contributed by atoms with E-state index in [1.807, 2.05) is 0 Å². The minimum atomic E-state index is -0.994. The Labute approximate surface area is 164 Å². The Morgan fingerprint density at radius 2 is 1.83 bits per heavy atom. The van der Waals surface area contributed by atoms with E-state index in [2.05, 4.69) is 0 Å². The molecule has 0 N–H and O–H groups in total. The zero-order valence-corrected chi connectivity index (χ0v) is 15.2. The normalized spacial score (nSPS) is 18.8. The topological polar surface area (TPSA) is 101 Å². The standard InChI is InChI=1S/C20H16FN3O5/c21-13-4-6-15(7-5-13)23-18(25)11-17(20(23)27)22(14-8-9-14)19(26)12-2-1-3-16(10-12)24(28)29/h1-7,10,14,17H,8-9,11H2. The van der Waals surface area contributed by atoms with E-state index in [1.165, 1.54) is 35.2 Å². The SMILES string of the molecule is O=C1CC(N(C(=O)c2cccc([N+](=O)[O-])c2)C2CC2)C(=O)N1c1ccc(F)cc1. The molecule has 1 aliphatic heterocycles. The predicted molar refractivity (Wildman–Crippen MR) is 99.6 cm³/mol. The fraction of sp³-hybridized carbons (Fsp3) is 0.250. The summed E-state index contributed by atoms with van der Waals surface area (Å²) in [7, 11) is 0. The van der Waals surface area contributed by atoms with E-state index in [1.54, 1.807) is 0 Å². The molecular formula is C20H16FN3O5. The number of amides is 3. The van der Waals surface area contributed by atoms with Gasteiger partial charge in [0.2, 0.25) is 5.91 Å². The second kappa shape index (κ2) is 7.08. The van der Waals surface area contributed by atoms with Crippen molar-refractivity contribution in [1.29, 1.82) is 0 Å². The fourth-order valence-corrected chi connectivity index (χ4v) is 3.51. The second-order valence-corrected chi connectivity index (χ2v) is 7.01. The highest BCUT2D eigenvalue weighted by atomic mass is 19.1. The fourth-order valence-electron chi connectivity index (χ4n) is 3.51. The van der Waals surface area contributed by atoms with Crippen molar-refractivity contribution in [2.75, 3.05) is 4.90 Å². The monoisotopic (exact) mass is 397 g/mol. The summed E-state index contributed by atoms with van der Waals surface area (Å²) in [4.78, 5) is 51.3. The summed E-state index contributed by atoms with van der Waals surface area (Å²) in [5.41, 5.74) is 0.0994. The van der Waals surface area contributed by atoms with Crippen LogP contribution in [0.3, 0.4) is 0 Å². The number of halogens is 1. The number of nitro benzene ring substituents is 1. The van der Waals surface area contributed by atoms with Crippen molar-refractivity contribution in [3.8, 4) is 0 Å². The number of carbonyl (C=O) groups excluding carboxylic acids is 3. The molecule has 0 bridgehead atoms. The van der Waals surface area contributed by atoms with E-state index in [0.717, 1.165) is 23.1 Å². The van der Waals surface area contributed by atoms with Crippen molar-refractivity contribution in [3.05, 3.63) is 70.0 Å². The van der Waals surface area contributed by atoms with Crippen LogP contribution in [0, 0.1) is 15.9 Å². The summed E-state index contributed by atoms with van der Waals surface area (Å²) in [6.07, 6.45) is 1.19. The van der Waals surface area contributed by atoms with Crippen molar-refractivity contribution < 1.29 is 23.7 Å². The van der Waals surface area contributed by atoms with Crippen molar-refractivity contribution in [2.24, 2.45) is 0 Å². The largest absolute Gasteiger partial charge is 0.323 e. The Hall–Kier alpha value is -3.62. The highest BCUT2D eigenvalue weighted by Crippen LogP contribution is 2.35. The van der Waals surface area contributed by atoms with Crippen molar-refractivity contribution >= 4 is 29.1 Å². The minimum Gasteiger partial charge on any atom is -0.323 e. The summed E-state index contributed by atoms with van der Waals surface area (Å²) >= 11 is 0. The molecular weight excluding hydrogens is 381 g/mol. The van der Waals surface area contributed by atoms with Gasteiger partial charge in [0, 0.05) is 23.7 Å². The molecule has 2 aromatic rings. The van der Waals surface area contributed by atoms with Gasteiger partial charge in [-0.1, -0.05) is 6.07 Å². The molecule has 8 nitrogen and oxygen atoms in total. The molecule has 2 aromatic carbocycles. The average molecular weight is 397 g/mol. The quantitative estimate of drug-likeness (QED) is 0.439. The number of rotatable bonds is 5. The third-order valence-corrected chi connectivity index (χ3v) is 5.02. The van der Waals surface area contributed by atoms with E-state index in [4.69, 9.17) is 0 Å². The van der Waals surface area contributed by atoms with Crippen LogP contribution in [0.2, 0.25) is 0 Å². The predicted octanol–water partition coefficient (Wildman–Crippen LogP) is 2.67. The molecule has 1 heterocycles. The van der Waals surface area contributed by atoms with E-state index in [-0.39, 0.29) is 29.4 Å². The van der Waals surface area contributed by atoms with Gasteiger partial charge in [-0.2, -0.15) is 0 Å². The maximum Gasteiger partial charge on any atom is 0.270 e. The van der Waals surface area contributed by atoms with Crippen LogP contribution in [-0.2, 0) is 9.59 Å². The van der Waals surface area contributed by atoms with Gasteiger partial charge in [-0.15, -0.1) is 0 Å². The molecule has 29 heavy (non-hydrogen) atoms. The highest BCUT2D eigenvalue weighted by Gasteiger charge is 2.49. The number of benzene rings is 2. The molecule has 0 spiro atoms. The van der Waals surface area contributed by atoms with Crippen LogP contribution in [0.4, 0.5) is 15.8 Å². The molecule has 4 rings (SSSR count). The lowest BCUT2D eigenvalue weighted by molar-refractivity contribution is -0.384. The van der Waals surface area contributed by atoms with Crippen LogP contribution in [0.1, 0.15) is 29.6 Å². The number of imide groups is 1. The van der Waals surface area contributed by atoms with Crippen molar-refractivity contribution in [1.82, 2.24) is 4.90 Å². The number of nitrogens with zero attached hydrogens (tertiary/aromatic N) is 3. The van der Waals surface area contributed by atoms with E-state index in [0.29, 0.717) is 12.8 Å². The van der Waals surface area contributed by atoms with Gasteiger partial charge >= 0.3 is 0 Å². The van der Waals surface area contributed by atoms with Gasteiger partial charge in [0.25, 0.3) is 17.5 Å². The highest BCUT2D eigenvalue weighted by molar-refractivity contribution is 6.23. The van der Waals surface area contributed by atoms with Crippen LogP contribution in [-0.4, -0.2) is 39.6 Å². The Kier molecular flexibility index (Phi) is 4.57. The minimum absolute atomic E-state index is 0.0894. The first-order valence-electron chi connectivity index (χ1n) is 9.06. The van der Waals surface area contributed by atoms with Gasteiger partial charge in [0.15, 0.2) is 0 Å². The Morgan fingerprint density at radius 3 is 2.45 bits per heavy atom. The number of carbonyl (C=O) groups is 3. The lowest BCUT2D eigenvalue weighted by Crippen LogP contribution is -2.46. The van der Waals surface area contributed by atoms with E-state index < -0.39 is 34.5 Å². The molecule has 3 amide bonds. The third kappa shape index (κ3) is 3.46. The molecule has 0 aromatic heterocycles. The van der Waals surface area contributed by atoms with Crippen LogP contribution in [0.5, 0.6) is 0 Å². The Bertz CT molecular complexity index is 1020. The number of hydrogen-bond acceptors (Lipinski definition) is 5. The smallest absolute Gasteiger partial charge is 0.270 e. The second-order valence-electron chi connectivity index (χ2n) is 7.01. The summed E-state index contributed by atoms with van der Waals surface area (Å²) in [6.45, 7) is 0. The molecule has 1 atom stereocenters. The van der Waals surface area contributed by atoms with Gasteiger partial charge < -0.3 is 4.90 Å². The Balaban J connectivity index is 1.64. The maximum atomic E-state index is 13.2. The first-order valence-corrected chi connectivity index (χ1v) is 9.06. The molecule has 9 heteroatoms.